The van der Waals surface area contributed by atoms with Crippen LogP contribution in [-0.4, -0.2) is 12.2 Å². The van der Waals surface area contributed by atoms with Crippen LogP contribution < -0.4 is 5.32 Å². The highest BCUT2D eigenvalue weighted by molar-refractivity contribution is 5.85. The molecule has 0 heterocycles. The Balaban J connectivity index is 2.61. The normalized spacial score (nSPS) is 10.0. The first-order chi connectivity index (χ1) is 6.59. The predicted octanol–water partition coefficient (Wildman–Crippen LogP) is 2.95. The molecule has 0 aliphatic carbocycles. The van der Waals surface area contributed by atoms with Gasteiger partial charge in [-0.1, -0.05) is 18.2 Å². The van der Waals surface area contributed by atoms with E-state index in [1.54, 1.807) is 0 Å². The quantitative estimate of drug-likeness (QED) is 0.784. The second kappa shape index (κ2) is 4.65. The van der Waals surface area contributed by atoms with Gasteiger partial charge < -0.3 is 4.74 Å². The van der Waals surface area contributed by atoms with Crippen LogP contribution in [0.3, 0.4) is 0 Å². The zero-order chi connectivity index (χ0) is 10.6. The number of hydrogen-bond acceptors (Lipinski definition) is 2. The molecule has 0 aromatic heterocycles. The van der Waals surface area contributed by atoms with Crippen molar-refractivity contribution in [2.75, 3.05) is 5.32 Å². The van der Waals surface area contributed by atoms with E-state index < -0.39 is 6.09 Å². The first kappa shape index (κ1) is 10.6. The van der Waals surface area contributed by atoms with Gasteiger partial charge >= 0.3 is 6.09 Å². The summed E-state index contributed by atoms with van der Waals surface area (Å²) < 4.78 is 4.96. The molecule has 0 fully saturated rings. The molecule has 0 saturated heterocycles. The highest BCUT2D eigenvalue weighted by Gasteiger charge is 2.06. The fourth-order valence-electron chi connectivity index (χ4n) is 1.07. The molecule has 1 amide bonds. The van der Waals surface area contributed by atoms with Gasteiger partial charge in [0.1, 0.15) is 0 Å². The zero-order valence-corrected chi connectivity index (χ0v) is 8.70. The van der Waals surface area contributed by atoms with Crippen molar-refractivity contribution >= 4 is 11.8 Å². The summed E-state index contributed by atoms with van der Waals surface area (Å²) in [7, 11) is 0. The van der Waals surface area contributed by atoms with Crippen LogP contribution in [0.1, 0.15) is 19.4 Å². The Kier molecular flexibility index (Phi) is 3.51. The molecule has 76 valence electrons. The van der Waals surface area contributed by atoms with Crippen molar-refractivity contribution in [1.82, 2.24) is 0 Å². The van der Waals surface area contributed by atoms with Crippen LogP contribution in [0.15, 0.2) is 24.3 Å². The predicted molar refractivity (Wildman–Crippen MR) is 56.4 cm³/mol. The number of carbonyl (C=O) groups excluding carboxylic acids is 1. The summed E-state index contributed by atoms with van der Waals surface area (Å²) in [4.78, 5) is 11.2. The maximum atomic E-state index is 11.2. The molecule has 1 rings (SSSR count). The molecule has 1 aromatic rings. The smallest absolute Gasteiger partial charge is 0.411 e. The number of rotatable bonds is 2. The molecule has 3 heteroatoms. The summed E-state index contributed by atoms with van der Waals surface area (Å²) in [5.41, 5.74) is 1.81. The third-order valence-electron chi connectivity index (χ3n) is 1.72. The lowest BCUT2D eigenvalue weighted by atomic mass is 10.2. The molecule has 0 aliphatic rings. The molecule has 1 N–H and O–H groups in total. The van der Waals surface area contributed by atoms with Crippen molar-refractivity contribution < 1.29 is 9.53 Å². The Hall–Kier alpha value is -1.51. The Bertz CT molecular complexity index is 321. The van der Waals surface area contributed by atoms with Gasteiger partial charge in [-0.05, 0) is 32.4 Å². The van der Waals surface area contributed by atoms with Crippen LogP contribution in [0.25, 0.3) is 0 Å². The van der Waals surface area contributed by atoms with Crippen LogP contribution in [0.4, 0.5) is 10.5 Å². The molecular weight excluding hydrogens is 178 g/mol. The third-order valence-corrected chi connectivity index (χ3v) is 1.72. The van der Waals surface area contributed by atoms with Crippen molar-refractivity contribution in [3.8, 4) is 0 Å². The van der Waals surface area contributed by atoms with Gasteiger partial charge in [-0.3, -0.25) is 5.32 Å². The van der Waals surface area contributed by atoms with Gasteiger partial charge in [0.25, 0.3) is 0 Å². The average molecular weight is 193 g/mol. The number of benzene rings is 1. The molecule has 14 heavy (non-hydrogen) atoms. The van der Waals surface area contributed by atoms with Crippen molar-refractivity contribution in [3.05, 3.63) is 29.8 Å². The zero-order valence-electron chi connectivity index (χ0n) is 8.70. The van der Waals surface area contributed by atoms with Gasteiger partial charge in [0, 0.05) is 5.69 Å². The van der Waals surface area contributed by atoms with Crippen molar-refractivity contribution in [3.63, 3.8) is 0 Å². The SMILES string of the molecule is Cc1ccccc1NC(=O)OC(C)C. The molecule has 0 atom stereocenters. The van der Waals surface area contributed by atoms with Gasteiger partial charge in [0.15, 0.2) is 0 Å². The van der Waals surface area contributed by atoms with E-state index in [1.165, 1.54) is 0 Å². The van der Waals surface area contributed by atoms with Crippen molar-refractivity contribution in [1.29, 1.82) is 0 Å². The molecule has 1 aromatic carbocycles. The lowest BCUT2D eigenvalue weighted by molar-refractivity contribution is 0.130. The maximum Gasteiger partial charge on any atom is 0.411 e. The molecular formula is C11H15NO2. The van der Waals surface area contributed by atoms with Crippen LogP contribution in [0.5, 0.6) is 0 Å². The first-order valence-corrected chi connectivity index (χ1v) is 4.63. The molecule has 0 radical (unpaired) electrons. The summed E-state index contributed by atoms with van der Waals surface area (Å²) in [6, 6.07) is 7.58. The van der Waals surface area contributed by atoms with Crippen LogP contribution in [0, 0.1) is 6.92 Å². The van der Waals surface area contributed by atoms with E-state index in [0.717, 1.165) is 11.3 Å². The first-order valence-electron chi connectivity index (χ1n) is 4.63. The number of para-hydroxylation sites is 1. The minimum atomic E-state index is -0.408. The van der Waals surface area contributed by atoms with E-state index in [4.69, 9.17) is 4.74 Å². The van der Waals surface area contributed by atoms with Crippen molar-refractivity contribution in [2.45, 2.75) is 26.9 Å². The molecule has 0 unspecified atom stereocenters. The van der Waals surface area contributed by atoms with Gasteiger partial charge in [-0.25, -0.2) is 4.79 Å². The molecule has 3 nitrogen and oxygen atoms in total. The van der Waals surface area contributed by atoms with Gasteiger partial charge in [-0.2, -0.15) is 0 Å². The highest BCUT2D eigenvalue weighted by Crippen LogP contribution is 2.13. The second-order valence-corrected chi connectivity index (χ2v) is 3.39. The van der Waals surface area contributed by atoms with Crippen LogP contribution in [0.2, 0.25) is 0 Å². The number of amides is 1. The molecule has 0 bridgehead atoms. The van der Waals surface area contributed by atoms with Gasteiger partial charge in [-0.15, -0.1) is 0 Å². The Morgan fingerprint density at radius 3 is 2.57 bits per heavy atom. The Morgan fingerprint density at radius 1 is 1.36 bits per heavy atom. The fraction of sp³-hybridized carbons (Fsp3) is 0.364. The summed E-state index contributed by atoms with van der Waals surface area (Å²) >= 11 is 0. The standard InChI is InChI=1S/C11H15NO2/c1-8(2)14-11(13)12-10-7-5-4-6-9(10)3/h4-8H,1-3H3,(H,12,13). The van der Waals surface area contributed by atoms with Gasteiger partial charge in [0.05, 0.1) is 6.10 Å². The van der Waals surface area contributed by atoms with Crippen LogP contribution >= 0.6 is 0 Å². The average Bonchev–Trinajstić information content (AvgIpc) is 2.07. The third kappa shape index (κ3) is 3.09. The Morgan fingerprint density at radius 2 is 2.00 bits per heavy atom. The topological polar surface area (TPSA) is 38.3 Å². The van der Waals surface area contributed by atoms with Gasteiger partial charge in [0.2, 0.25) is 0 Å². The number of aryl methyl sites for hydroxylation is 1. The number of carbonyl (C=O) groups is 1. The van der Waals surface area contributed by atoms with E-state index in [9.17, 15) is 4.79 Å². The number of anilines is 1. The number of hydrogen-bond donors (Lipinski definition) is 1. The number of nitrogens with one attached hydrogen (secondary N) is 1. The van der Waals surface area contributed by atoms with E-state index in [2.05, 4.69) is 5.32 Å². The summed E-state index contributed by atoms with van der Waals surface area (Å²) in [6.45, 7) is 5.57. The minimum absolute atomic E-state index is 0.0981. The lowest BCUT2D eigenvalue weighted by Gasteiger charge is -2.10. The highest BCUT2D eigenvalue weighted by atomic mass is 16.6. The minimum Gasteiger partial charge on any atom is -0.447 e. The summed E-state index contributed by atoms with van der Waals surface area (Å²) in [5.74, 6) is 0. The van der Waals surface area contributed by atoms with Crippen LogP contribution in [-0.2, 0) is 4.74 Å². The van der Waals surface area contributed by atoms with E-state index in [1.807, 2.05) is 45.0 Å². The molecule has 0 saturated carbocycles. The fourth-order valence-corrected chi connectivity index (χ4v) is 1.07. The Labute approximate surface area is 84.1 Å². The lowest BCUT2D eigenvalue weighted by Crippen LogP contribution is -2.18. The largest absolute Gasteiger partial charge is 0.447 e. The van der Waals surface area contributed by atoms with Crippen molar-refractivity contribution in [2.24, 2.45) is 0 Å². The van der Waals surface area contributed by atoms with E-state index in [-0.39, 0.29) is 6.10 Å². The summed E-state index contributed by atoms with van der Waals surface area (Å²) in [6.07, 6.45) is -0.506. The van der Waals surface area contributed by atoms with E-state index >= 15 is 0 Å². The molecule has 0 aliphatic heterocycles. The monoisotopic (exact) mass is 193 g/mol. The molecule has 0 spiro atoms. The second-order valence-electron chi connectivity index (χ2n) is 3.39. The summed E-state index contributed by atoms with van der Waals surface area (Å²) in [5, 5.41) is 2.68. The number of ether oxygens (including phenoxy) is 1. The maximum absolute atomic E-state index is 11.2. The van der Waals surface area contributed by atoms with E-state index in [0.29, 0.717) is 0 Å².